The van der Waals surface area contributed by atoms with Crippen molar-refractivity contribution in [2.75, 3.05) is 13.1 Å². The van der Waals surface area contributed by atoms with Gasteiger partial charge in [0.25, 0.3) is 0 Å². The summed E-state index contributed by atoms with van der Waals surface area (Å²) < 4.78 is 0. The molecular formula is C13H24N2O2. The fourth-order valence-corrected chi connectivity index (χ4v) is 2.89. The van der Waals surface area contributed by atoms with Crippen LogP contribution in [0, 0.1) is 5.92 Å². The molecular weight excluding hydrogens is 216 g/mol. The molecule has 4 heteroatoms. The fraction of sp³-hybridized carbons (Fsp3) is 0.923. The molecule has 0 aromatic rings. The third-order valence-corrected chi connectivity index (χ3v) is 3.94. The zero-order valence-electron chi connectivity index (χ0n) is 10.5. The summed E-state index contributed by atoms with van der Waals surface area (Å²) in [5.74, 6) is 0.689. The van der Waals surface area contributed by atoms with Gasteiger partial charge in [0, 0.05) is 6.54 Å². The first kappa shape index (κ1) is 12.8. The lowest BCUT2D eigenvalue weighted by atomic mass is 9.87. The van der Waals surface area contributed by atoms with Crippen LogP contribution in [0.4, 0.5) is 0 Å². The van der Waals surface area contributed by atoms with Gasteiger partial charge in [-0.3, -0.25) is 4.79 Å². The third kappa shape index (κ3) is 3.96. The average Bonchev–Trinajstić information content (AvgIpc) is 2.52. The first-order valence-corrected chi connectivity index (χ1v) is 6.95. The summed E-state index contributed by atoms with van der Waals surface area (Å²) in [6.07, 6.45) is 7.15. The van der Waals surface area contributed by atoms with E-state index >= 15 is 0 Å². The lowest BCUT2D eigenvalue weighted by Gasteiger charge is -2.27. The minimum Gasteiger partial charge on any atom is -0.393 e. The molecule has 0 bridgehead atoms. The number of hydrogen-bond donors (Lipinski definition) is 3. The highest BCUT2D eigenvalue weighted by molar-refractivity contribution is 5.81. The number of rotatable bonds is 3. The lowest BCUT2D eigenvalue weighted by Crippen LogP contribution is -2.45. The molecule has 2 rings (SSSR count). The summed E-state index contributed by atoms with van der Waals surface area (Å²) >= 11 is 0. The molecule has 1 aliphatic heterocycles. The van der Waals surface area contributed by atoms with Crippen LogP contribution in [0.5, 0.6) is 0 Å². The second-order valence-corrected chi connectivity index (χ2v) is 5.43. The summed E-state index contributed by atoms with van der Waals surface area (Å²) in [7, 11) is 0. The molecule has 2 aliphatic rings. The summed E-state index contributed by atoms with van der Waals surface area (Å²) in [5, 5.41) is 15.9. The topological polar surface area (TPSA) is 61.4 Å². The quantitative estimate of drug-likeness (QED) is 0.683. The van der Waals surface area contributed by atoms with Gasteiger partial charge in [-0.25, -0.2) is 0 Å². The number of hydrogen-bond acceptors (Lipinski definition) is 3. The maximum atomic E-state index is 11.7. The molecule has 2 fully saturated rings. The highest BCUT2D eigenvalue weighted by Crippen LogP contribution is 2.23. The first-order valence-electron chi connectivity index (χ1n) is 6.95. The van der Waals surface area contributed by atoms with Crippen LogP contribution in [0.3, 0.4) is 0 Å². The van der Waals surface area contributed by atoms with Crippen LogP contribution in [0.25, 0.3) is 0 Å². The van der Waals surface area contributed by atoms with E-state index in [0.29, 0.717) is 5.92 Å². The van der Waals surface area contributed by atoms with E-state index in [2.05, 4.69) is 10.6 Å². The molecule has 0 spiro atoms. The Morgan fingerprint density at radius 3 is 2.94 bits per heavy atom. The molecule has 3 N–H and O–H groups in total. The van der Waals surface area contributed by atoms with Gasteiger partial charge < -0.3 is 15.7 Å². The second-order valence-electron chi connectivity index (χ2n) is 5.43. The van der Waals surface area contributed by atoms with Crippen LogP contribution in [0.1, 0.15) is 44.9 Å². The van der Waals surface area contributed by atoms with Gasteiger partial charge in [0.1, 0.15) is 0 Å². The zero-order valence-corrected chi connectivity index (χ0v) is 10.5. The predicted molar refractivity (Wildman–Crippen MR) is 66.6 cm³/mol. The number of carbonyl (C=O) groups excluding carboxylic acids is 1. The van der Waals surface area contributed by atoms with Gasteiger partial charge in [0.05, 0.1) is 12.1 Å². The van der Waals surface area contributed by atoms with E-state index < -0.39 is 0 Å². The van der Waals surface area contributed by atoms with Gasteiger partial charge in [-0.2, -0.15) is 0 Å². The molecule has 17 heavy (non-hydrogen) atoms. The van der Waals surface area contributed by atoms with Crippen molar-refractivity contribution >= 4 is 5.91 Å². The van der Waals surface area contributed by atoms with E-state index in [9.17, 15) is 9.90 Å². The third-order valence-electron chi connectivity index (χ3n) is 3.94. The highest BCUT2D eigenvalue weighted by Gasteiger charge is 2.24. The molecule has 0 aromatic carbocycles. The molecule has 1 aliphatic carbocycles. The zero-order chi connectivity index (χ0) is 12.1. The monoisotopic (exact) mass is 240 g/mol. The summed E-state index contributed by atoms with van der Waals surface area (Å²) in [5.41, 5.74) is 0. The number of amides is 1. The van der Waals surface area contributed by atoms with Crippen LogP contribution < -0.4 is 10.6 Å². The Balaban J connectivity index is 1.74. The van der Waals surface area contributed by atoms with Crippen molar-refractivity contribution in [3.8, 4) is 0 Å². The Hall–Kier alpha value is -0.610. The minimum absolute atomic E-state index is 0.0171. The van der Waals surface area contributed by atoms with Crippen LogP contribution >= 0.6 is 0 Å². The van der Waals surface area contributed by atoms with Crippen LogP contribution in [0.15, 0.2) is 0 Å². The normalized spacial score (nSPS) is 35.1. The molecule has 98 valence electrons. The van der Waals surface area contributed by atoms with Gasteiger partial charge in [0.2, 0.25) is 5.91 Å². The number of aliphatic hydroxyl groups excluding tert-OH is 1. The van der Waals surface area contributed by atoms with Gasteiger partial charge in [-0.1, -0.05) is 6.42 Å². The van der Waals surface area contributed by atoms with Gasteiger partial charge in [-0.15, -0.1) is 0 Å². The van der Waals surface area contributed by atoms with E-state index in [1.807, 2.05) is 0 Å². The predicted octanol–water partition coefficient (Wildman–Crippen LogP) is 0.796. The smallest absolute Gasteiger partial charge is 0.237 e. The Labute approximate surface area is 103 Å². The van der Waals surface area contributed by atoms with E-state index in [1.54, 1.807) is 0 Å². The molecule has 0 aromatic heterocycles. The van der Waals surface area contributed by atoms with E-state index in [4.69, 9.17) is 0 Å². The van der Waals surface area contributed by atoms with Gasteiger partial charge >= 0.3 is 0 Å². The van der Waals surface area contributed by atoms with Crippen molar-refractivity contribution in [3.05, 3.63) is 0 Å². The van der Waals surface area contributed by atoms with Gasteiger partial charge in [-0.05, 0) is 51.0 Å². The van der Waals surface area contributed by atoms with Crippen molar-refractivity contribution < 1.29 is 9.90 Å². The molecule has 4 nitrogen and oxygen atoms in total. The molecule has 1 saturated heterocycles. The Bertz CT molecular complexity index is 258. The summed E-state index contributed by atoms with van der Waals surface area (Å²) in [6.45, 7) is 1.69. The maximum Gasteiger partial charge on any atom is 0.237 e. The largest absolute Gasteiger partial charge is 0.393 e. The molecule has 1 saturated carbocycles. The molecule has 3 unspecified atom stereocenters. The van der Waals surface area contributed by atoms with Crippen molar-refractivity contribution in [2.24, 2.45) is 5.92 Å². The fourth-order valence-electron chi connectivity index (χ4n) is 2.89. The molecule has 0 radical (unpaired) electrons. The minimum atomic E-state index is -0.126. The molecule has 1 amide bonds. The van der Waals surface area contributed by atoms with Crippen molar-refractivity contribution in [3.63, 3.8) is 0 Å². The Morgan fingerprint density at radius 2 is 2.12 bits per heavy atom. The van der Waals surface area contributed by atoms with E-state index in [-0.39, 0.29) is 18.1 Å². The van der Waals surface area contributed by atoms with Crippen molar-refractivity contribution in [1.82, 2.24) is 10.6 Å². The Morgan fingerprint density at radius 1 is 1.24 bits per heavy atom. The van der Waals surface area contributed by atoms with Crippen molar-refractivity contribution in [2.45, 2.75) is 57.1 Å². The lowest BCUT2D eigenvalue weighted by molar-refractivity contribution is -0.122. The van der Waals surface area contributed by atoms with Crippen LogP contribution in [-0.4, -0.2) is 36.2 Å². The second kappa shape index (κ2) is 6.36. The van der Waals surface area contributed by atoms with Crippen LogP contribution in [0.2, 0.25) is 0 Å². The Kier molecular flexibility index (Phi) is 4.80. The maximum absolute atomic E-state index is 11.7. The van der Waals surface area contributed by atoms with Crippen LogP contribution in [-0.2, 0) is 4.79 Å². The number of aliphatic hydroxyl groups is 1. The van der Waals surface area contributed by atoms with Gasteiger partial charge in [0.15, 0.2) is 0 Å². The number of carbonyl (C=O) groups is 1. The van der Waals surface area contributed by atoms with Crippen molar-refractivity contribution in [1.29, 1.82) is 0 Å². The van der Waals surface area contributed by atoms with E-state index in [1.165, 1.54) is 6.42 Å². The summed E-state index contributed by atoms with van der Waals surface area (Å²) in [4.78, 5) is 11.7. The highest BCUT2D eigenvalue weighted by atomic mass is 16.3. The average molecular weight is 240 g/mol. The molecule has 3 atom stereocenters. The summed E-state index contributed by atoms with van der Waals surface area (Å²) in [6, 6.07) is -0.0171. The molecule has 1 heterocycles. The number of nitrogens with one attached hydrogen (secondary N) is 2. The van der Waals surface area contributed by atoms with E-state index in [0.717, 1.165) is 51.6 Å². The first-order chi connectivity index (χ1) is 8.25. The standard InChI is InChI=1S/C13H24N2O2/c16-11-5-3-4-10(8-11)9-15-12-6-1-2-7-14-13(12)17/h10-12,15-16H,1-9H2,(H,14,17). The SMILES string of the molecule is O=C1NCCCCC1NCC1CCCC(O)C1.